The molecule has 3 nitrogen and oxygen atoms in total. The molecule has 1 aromatic carbocycles. The monoisotopic (exact) mass is 275 g/mol. The Balaban J connectivity index is 1.84. The highest BCUT2D eigenvalue weighted by atomic mass is 15.2. The smallest absolute Gasteiger partial charge is 0.0366 e. The Kier molecular flexibility index (Phi) is 6.34. The molecule has 0 aromatic heterocycles. The van der Waals surface area contributed by atoms with Crippen molar-refractivity contribution >= 4 is 5.69 Å². The van der Waals surface area contributed by atoms with Crippen molar-refractivity contribution in [3.05, 3.63) is 30.3 Å². The average molecular weight is 275 g/mol. The number of nitrogens with two attached hydrogens (primary N) is 1. The van der Waals surface area contributed by atoms with Gasteiger partial charge >= 0.3 is 0 Å². The molecule has 0 atom stereocenters. The van der Waals surface area contributed by atoms with Gasteiger partial charge in [-0.2, -0.15) is 0 Å². The van der Waals surface area contributed by atoms with Crippen molar-refractivity contribution in [1.29, 1.82) is 0 Å². The van der Waals surface area contributed by atoms with Crippen molar-refractivity contribution in [1.82, 2.24) is 4.90 Å². The Hall–Kier alpha value is -1.06. The molecule has 0 spiro atoms. The van der Waals surface area contributed by atoms with Gasteiger partial charge in [0.25, 0.3) is 0 Å². The van der Waals surface area contributed by atoms with Crippen molar-refractivity contribution < 1.29 is 0 Å². The number of nitrogens with zero attached hydrogens (tertiary/aromatic N) is 2. The Bertz CT molecular complexity index is 358. The van der Waals surface area contributed by atoms with E-state index in [2.05, 4.69) is 47.1 Å². The highest BCUT2D eigenvalue weighted by Crippen LogP contribution is 2.15. The lowest BCUT2D eigenvalue weighted by atomic mass is 10.1. The van der Waals surface area contributed by atoms with Gasteiger partial charge in [-0.3, -0.25) is 0 Å². The maximum absolute atomic E-state index is 5.97. The molecule has 0 aliphatic carbocycles. The normalized spacial score (nSPS) is 17.3. The van der Waals surface area contributed by atoms with Gasteiger partial charge in [0, 0.05) is 31.4 Å². The zero-order valence-electron chi connectivity index (χ0n) is 12.8. The first kappa shape index (κ1) is 15.3. The SMILES string of the molecule is CCCCN(CCN1CCC(N)CC1)c1ccccc1. The number of rotatable bonds is 7. The van der Waals surface area contributed by atoms with Crippen LogP contribution < -0.4 is 10.6 Å². The summed E-state index contributed by atoms with van der Waals surface area (Å²) in [7, 11) is 0. The first-order valence-corrected chi connectivity index (χ1v) is 8.07. The van der Waals surface area contributed by atoms with Gasteiger partial charge in [-0.1, -0.05) is 31.5 Å². The van der Waals surface area contributed by atoms with Crippen LogP contribution in [0.1, 0.15) is 32.6 Å². The highest BCUT2D eigenvalue weighted by Gasteiger charge is 2.16. The third kappa shape index (κ3) is 4.80. The molecular formula is C17H29N3. The molecule has 1 heterocycles. The van der Waals surface area contributed by atoms with Gasteiger partial charge in [-0.05, 0) is 44.5 Å². The van der Waals surface area contributed by atoms with Gasteiger partial charge in [0.15, 0.2) is 0 Å². The standard InChI is InChI=1S/C17H29N3/c1-2-3-11-20(17-7-5-4-6-8-17)15-14-19-12-9-16(18)10-13-19/h4-8,16H,2-3,9-15,18H2,1H3. The fourth-order valence-corrected chi connectivity index (χ4v) is 2.80. The Labute approximate surface area is 123 Å². The van der Waals surface area contributed by atoms with E-state index in [1.165, 1.54) is 18.5 Å². The lowest BCUT2D eigenvalue weighted by Crippen LogP contribution is -2.43. The summed E-state index contributed by atoms with van der Waals surface area (Å²) in [6.07, 6.45) is 4.82. The summed E-state index contributed by atoms with van der Waals surface area (Å²) in [6, 6.07) is 11.2. The number of hydrogen-bond acceptors (Lipinski definition) is 3. The second-order valence-electron chi connectivity index (χ2n) is 5.86. The second kappa shape index (κ2) is 8.28. The summed E-state index contributed by atoms with van der Waals surface area (Å²) in [5.41, 5.74) is 7.33. The first-order chi connectivity index (χ1) is 9.79. The van der Waals surface area contributed by atoms with Crippen LogP contribution in [0.2, 0.25) is 0 Å². The molecule has 2 rings (SSSR count). The summed E-state index contributed by atoms with van der Waals surface area (Å²) >= 11 is 0. The van der Waals surface area contributed by atoms with E-state index in [0.717, 1.165) is 45.6 Å². The minimum absolute atomic E-state index is 0.427. The van der Waals surface area contributed by atoms with E-state index < -0.39 is 0 Å². The van der Waals surface area contributed by atoms with Crippen LogP contribution >= 0.6 is 0 Å². The Morgan fingerprint density at radius 2 is 1.85 bits per heavy atom. The predicted octanol–water partition coefficient (Wildman–Crippen LogP) is 2.72. The van der Waals surface area contributed by atoms with Crippen molar-refractivity contribution in [2.45, 2.75) is 38.6 Å². The molecule has 112 valence electrons. The largest absolute Gasteiger partial charge is 0.370 e. The van der Waals surface area contributed by atoms with Crippen molar-refractivity contribution in [2.75, 3.05) is 37.6 Å². The van der Waals surface area contributed by atoms with Crippen LogP contribution in [0.3, 0.4) is 0 Å². The average Bonchev–Trinajstić information content (AvgIpc) is 2.50. The molecule has 1 aliphatic rings. The molecule has 0 saturated carbocycles. The van der Waals surface area contributed by atoms with Crippen LogP contribution in [-0.4, -0.2) is 43.7 Å². The lowest BCUT2D eigenvalue weighted by molar-refractivity contribution is 0.217. The van der Waals surface area contributed by atoms with Gasteiger partial charge in [0.1, 0.15) is 0 Å². The lowest BCUT2D eigenvalue weighted by Gasteiger charge is -2.33. The van der Waals surface area contributed by atoms with Crippen LogP contribution in [0.5, 0.6) is 0 Å². The quantitative estimate of drug-likeness (QED) is 0.830. The van der Waals surface area contributed by atoms with Crippen molar-refractivity contribution in [3.63, 3.8) is 0 Å². The van der Waals surface area contributed by atoms with Crippen molar-refractivity contribution in [2.24, 2.45) is 5.73 Å². The maximum Gasteiger partial charge on any atom is 0.0366 e. The molecule has 3 heteroatoms. The summed E-state index contributed by atoms with van der Waals surface area (Å²) in [5, 5.41) is 0. The molecule has 1 fully saturated rings. The molecular weight excluding hydrogens is 246 g/mol. The summed E-state index contributed by atoms with van der Waals surface area (Å²) in [6.45, 7) is 8.03. The molecule has 1 saturated heterocycles. The summed E-state index contributed by atoms with van der Waals surface area (Å²) < 4.78 is 0. The fraction of sp³-hybridized carbons (Fsp3) is 0.647. The van der Waals surface area contributed by atoms with E-state index >= 15 is 0 Å². The molecule has 1 aromatic rings. The molecule has 0 bridgehead atoms. The van der Waals surface area contributed by atoms with E-state index in [1.807, 2.05) is 0 Å². The molecule has 0 unspecified atom stereocenters. The third-order valence-electron chi connectivity index (χ3n) is 4.22. The van der Waals surface area contributed by atoms with Gasteiger partial charge in [-0.15, -0.1) is 0 Å². The molecule has 20 heavy (non-hydrogen) atoms. The number of para-hydroxylation sites is 1. The minimum Gasteiger partial charge on any atom is -0.370 e. The van der Waals surface area contributed by atoms with Gasteiger partial charge in [0.2, 0.25) is 0 Å². The summed E-state index contributed by atoms with van der Waals surface area (Å²) in [5.74, 6) is 0. The van der Waals surface area contributed by atoms with E-state index in [4.69, 9.17) is 5.73 Å². The van der Waals surface area contributed by atoms with Gasteiger partial charge in [-0.25, -0.2) is 0 Å². The van der Waals surface area contributed by atoms with Crippen LogP contribution in [-0.2, 0) is 0 Å². The minimum atomic E-state index is 0.427. The number of anilines is 1. The molecule has 1 aliphatic heterocycles. The summed E-state index contributed by atoms with van der Waals surface area (Å²) in [4.78, 5) is 5.09. The van der Waals surface area contributed by atoms with Crippen LogP contribution in [0.25, 0.3) is 0 Å². The zero-order valence-corrected chi connectivity index (χ0v) is 12.8. The molecule has 2 N–H and O–H groups in total. The Morgan fingerprint density at radius 1 is 1.15 bits per heavy atom. The zero-order chi connectivity index (χ0) is 14.2. The van der Waals surface area contributed by atoms with E-state index in [-0.39, 0.29) is 0 Å². The number of hydrogen-bond donors (Lipinski definition) is 1. The Morgan fingerprint density at radius 3 is 2.50 bits per heavy atom. The van der Waals surface area contributed by atoms with E-state index in [0.29, 0.717) is 6.04 Å². The van der Waals surface area contributed by atoms with Gasteiger partial charge in [0.05, 0.1) is 0 Å². The molecule has 0 radical (unpaired) electrons. The number of likely N-dealkylation sites (tertiary alicyclic amines) is 1. The number of unbranched alkanes of at least 4 members (excludes halogenated alkanes) is 1. The first-order valence-electron chi connectivity index (χ1n) is 8.07. The maximum atomic E-state index is 5.97. The van der Waals surface area contributed by atoms with Crippen LogP contribution in [0.4, 0.5) is 5.69 Å². The van der Waals surface area contributed by atoms with E-state index in [1.54, 1.807) is 0 Å². The number of benzene rings is 1. The van der Waals surface area contributed by atoms with E-state index in [9.17, 15) is 0 Å². The third-order valence-corrected chi connectivity index (χ3v) is 4.22. The fourth-order valence-electron chi connectivity index (χ4n) is 2.80. The number of piperidine rings is 1. The van der Waals surface area contributed by atoms with Crippen molar-refractivity contribution in [3.8, 4) is 0 Å². The molecule has 0 amide bonds. The topological polar surface area (TPSA) is 32.5 Å². The predicted molar refractivity (Wildman–Crippen MR) is 87.2 cm³/mol. The highest BCUT2D eigenvalue weighted by molar-refractivity contribution is 5.45. The van der Waals surface area contributed by atoms with Gasteiger partial charge < -0.3 is 15.5 Å². The van der Waals surface area contributed by atoms with Crippen LogP contribution in [0, 0.1) is 0 Å². The second-order valence-corrected chi connectivity index (χ2v) is 5.86. The van der Waals surface area contributed by atoms with Crippen LogP contribution in [0.15, 0.2) is 30.3 Å².